The molecule has 110 valence electrons. The van der Waals surface area contributed by atoms with Gasteiger partial charge in [0.05, 0.1) is 0 Å². The Bertz CT molecular complexity index is 668. The molecule has 2 rings (SSSR count). The van der Waals surface area contributed by atoms with Crippen LogP contribution in [0.1, 0.15) is 16.7 Å². The fourth-order valence-electron chi connectivity index (χ4n) is 1.92. The zero-order valence-corrected chi connectivity index (χ0v) is 12.4. The predicted molar refractivity (Wildman–Crippen MR) is 81.2 cm³/mol. The molecule has 0 aromatic heterocycles. The Balaban J connectivity index is 1.99. The van der Waals surface area contributed by atoms with E-state index in [1.165, 1.54) is 12.1 Å². The summed E-state index contributed by atoms with van der Waals surface area (Å²) in [6.07, 6.45) is 0. The molecular weight excluding hydrogens is 269 g/mol. The number of nitrogens with one attached hydrogen (secondary N) is 1. The molecule has 4 heteroatoms. The molecule has 1 amide bonds. The third-order valence-electron chi connectivity index (χ3n) is 3.18. The Labute approximate surface area is 123 Å². The molecule has 2 aromatic rings. The van der Waals surface area contributed by atoms with Crippen LogP contribution in [0.3, 0.4) is 0 Å². The van der Waals surface area contributed by atoms with Crippen LogP contribution in [0.4, 0.5) is 10.1 Å². The van der Waals surface area contributed by atoms with Gasteiger partial charge < -0.3 is 10.1 Å². The summed E-state index contributed by atoms with van der Waals surface area (Å²) in [4.78, 5) is 11.9. The number of carbonyl (C=O) groups excluding carboxylic acids is 1. The highest BCUT2D eigenvalue weighted by molar-refractivity contribution is 5.92. The third-order valence-corrected chi connectivity index (χ3v) is 3.18. The lowest BCUT2D eigenvalue weighted by Gasteiger charge is -2.11. The molecule has 0 spiro atoms. The minimum atomic E-state index is -0.383. The summed E-state index contributed by atoms with van der Waals surface area (Å²) in [5.74, 6) is -0.0166. The summed E-state index contributed by atoms with van der Waals surface area (Å²) < 4.78 is 18.7. The molecule has 0 atom stereocenters. The van der Waals surface area contributed by atoms with Gasteiger partial charge in [-0.25, -0.2) is 4.39 Å². The van der Waals surface area contributed by atoms with E-state index in [-0.39, 0.29) is 18.3 Å². The van der Waals surface area contributed by atoms with Gasteiger partial charge >= 0.3 is 0 Å². The lowest BCUT2D eigenvalue weighted by Crippen LogP contribution is -2.21. The summed E-state index contributed by atoms with van der Waals surface area (Å²) in [5, 5.41) is 2.65. The molecule has 0 saturated carbocycles. The number of amides is 1. The first-order chi connectivity index (χ1) is 9.95. The fourth-order valence-corrected chi connectivity index (χ4v) is 1.92. The van der Waals surface area contributed by atoms with Gasteiger partial charge in [-0.15, -0.1) is 0 Å². The van der Waals surface area contributed by atoms with Gasteiger partial charge in [-0.2, -0.15) is 0 Å². The van der Waals surface area contributed by atoms with Gasteiger partial charge in [0.25, 0.3) is 5.91 Å². The van der Waals surface area contributed by atoms with Crippen molar-refractivity contribution in [3.8, 4) is 5.75 Å². The van der Waals surface area contributed by atoms with Gasteiger partial charge in [-0.1, -0.05) is 18.2 Å². The molecule has 0 unspecified atom stereocenters. The topological polar surface area (TPSA) is 38.3 Å². The molecule has 0 saturated heterocycles. The second kappa shape index (κ2) is 6.39. The molecule has 3 nitrogen and oxygen atoms in total. The lowest BCUT2D eigenvalue weighted by molar-refractivity contribution is -0.118. The summed E-state index contributed by atoms with van der Waals surface area (Å²) in [6.45, 7) is 5.58. The van der Waals surface area contributed by atoms with Crippen molar-refractivity contribution < 1.29 is 13.9 Å². The molecule has 0 heterocycles. The van der Waals surface area contributed by atoms with Crippen molar-refractivity contribution in [3.05, 3.63) is 58.9 Å². The highest BCUT2D eigenvalue weighted by Gasteiger charge is 2.08. The normalized spacial score (nSPS) is 10.3. The highest BCUT2D eigenvalue weighted by Crippen LogP contribution is 2.19. The number of ether oxygens (including phenoxy) is 1. The number of aryl methyl sites for hydroxylation is 3. The van der Waals surface area contributed by atoms with E-state index >= 15 is 0 Å². The largest absolute Gasteiger partial charge is 0.483 e. The van der Waals surface area contributed by atoms with E-state index in [0.29, 0.717) is 11.4 Å². The van der Waals surface area contributed by atoms with Crippen molar-refractivity contribution in [2.24, 2.45) is 0 Å². The maximum absolute atomic E-state index is 13.2. The van der Waals surface area contributed by atoms with Gasteiger partial charge in [0, 0.05) is 5.69 Å². The fraction of sp³-hybridized carbons (Fsp3) is 0.235. The maximum Gasteiger partial charge on any atom is 0.262 e. The van der Waals surface area contributed by atoms with Crippen LogP contribution in [0.2, 0.25) is 0 Å². The van der Waals surface area contributed by atoms with E-state index in [0.717, 1.165) is 16.7 Å². The van der Waals surface area contributed by atoms with E-state index in [9.17, 15) is 9.18 Å². The number of rotatable bonds is 4. The van der Waals surface area contributed by atoms with E-state index in [4.69, 9.17) is 4.74 Å². The first kappa shape index (κ1) is 15.0. The average Bonchev–Trinajstić information content (AvgIpc) is 2.44. The van der Waals surface area contributed by atoms with Gasteiger partial charge in [-0.05, 0) is 55.7 Å². The molecule has 0 aliphatic heterocycles. The van der Waals surface area contributed by atoms with Crippen LogP contribution in [0.15, 0.2) is 36.4 Å². The summed E-state index contributed by atoms with van der Waals surface area (Å²) >= 11 is 0. The zero-order valence-electron chi connectivity index (χ0n) is 12.4. The summed E-state index contributed by atoms with van der Waals surface area (Å²) in [5.41, 5.74) is 3.30. The van der Waals surface area contributed by atoms with Gasteiger partial charge in [-0.3, -0.25) is 4.79 Å². The van der Waals surface area contributed by atoms with E-state index < -0.39 is 0 Å². The molecule has 0 radical (unpaired) electrons. The Morgan fingerprint density at radius 2 is 1.81 bits per heavy atom. The molecular formula is C17H18FNO2. The van der Waals surface area contributed by atoms with E-state index in [1.54, 1.807) is 13.0 Å². The monoisotopic (exact) mass is 287 g/mol. The van der Waals surface area contributed by atoms with Crippen molar-refractivity contribution in [3.63, 3.8) is 0 Å². The molecule has 0 aliphatic carbocycles. The van der Waals surface area contributed by atoms with Crippen LogP contribution in [0, 0.1) is 26.6 Å². The molecule has 0 bridgehead atoms. The molecule has 0 fully saturated rings. The van der Waals surface area contributed by atoms with Gasteiger partial charge in [0.2, 0.25) is 0 Å². The highest BCUT2D eigenvalue weighted by atomic mass is 19.1. The van der Waals surface area contributed by atoms with Gasteiger partial charge in [0.1, 0.15) is 11.6 Å². The van der Waals surface area contributed by atoms with Crippen molar-refractivity contribution >= 4 is 11.6 Å². The predicted octanol–water partition coefficient (Wildman–Crippen LogP) is 3.77. The smallest absolute Gasteiger partial charge is 0.262 e. The first-order valence-electron chi connectivity index (χ1n) is 6.72. The minimum Gasteiger partial charge on any atom is -0.483 e. The quantitative estimate of drug-likeness (QED) is 0.929. The molecule has 21 heavy (non-hydrogen) atoms. The molecule has 1 N–H and O–H groups in total. The molecule has 0 aliphatic rings. The van der Waals surface area contributed by atoms with E-state index in [2.05, 4.69) is 5.32 Å². The standard InChI is InChI=1S/C17H18FNO2/c1-11-4-5-13(3)16(8-11)21-10-17(20)19-15-9-14(18)7-6-12(15)2/h4-9H,10H2,1-3H3,(H,19,20). The minimum absolute atomic E-state index is 0.111. The number of carbonyl (C=O) groups is 1. The Morgan fingerprint density at radius 1 is 1.10 bits per heavy atom. The summed E-state index contributed by atoms with van der Waals surface area (Å²) in [7, 11) is 0. The van der Waals surface area contributed by atoms with Crippen molar-refractivity contribution in [2.75, 3.05) is 11.9 Å². The van der Waals surface area contributed by atoms with Crippen LogP contribution >= 0.6 is 0 Å². The second-order valence-electron chi connectivity index (χ2n) is 5.07. The first-order valence-corrected chi connectivity index (χ1v) is 6.72. The van der Waals surface area contributed by atoms with Crippen LogP contribution in [0.25, 0.3) is 0 Å². The van der Waals surface area contributed by atoms with Crippen LogP contribution in [-0.2, 0) is 4.79 Å². The number of hydrogen-bond acceptors (Lipinski definition) is 2. The number of halogens is 1. The zero-order chi connectivity index (χ0) is 15.4. The number of anilines is 1. The van der Waals surface area contributed by atoms with Crippen molar-refractivity contribution in [2.45, 2.75) is 20.8 Å². The van der Waals surface area contributed by atoms with Crippen LogP contribution in [-0.4, -0.2) is 12.5 Å². The lowest BCUT2D eigenvalue weighted by atomic mass is 10.1. The molecule has 2 aromatic carbocycles. The Kier molecular flexibility index (Phi) is 4.58. The second-order valence-corrected chi connectivity index (χ2v) is 5.07. The van der Waals surface area contributed by atoms with Gasteiger partial charge in [0.15, 0.2) is 6.61 Å². The Morgan fingerprint density at radius 3 is 2.57 bits per heavy atom. The summed E-state index contributed by atoms with van der Waals surface area (Å²) in [6, 6.07) is 10.1. The maximum atomic E-state index is 13.2. The van der Waals surface area contributed by atoms with Crippen molar-refractivity contribution in [1.82, 2.24) is 0 Å². The SMILES string of the molecule is Cc1ccc(C)c(OCC(=O)Nc2cc(F)ccc2C)c1. The number of benzene rings is 2. The average molecular weight is 287 g/mol. The van der Waals surface area contributed by atoms with Crippen LogP contribution < -0.4 is 10.1 Å². The van der Waals surface area contributed by atoms with Crippen molar-refractivity contribution in [1.29, 1.82) is 0 Å². The Hall–Kier alpha value is -2.36. The number of hydrogen-bond donors (Lipinski definition) is 1. The van der Waals surface area contributed by atoms with Crippen LogP contribution in [0.5, 0.6) is 5.75 Å². The third kappa shape index (κ3) is 4.05. The van der Waals surface area contributed by atoms with E-state index in [1.807, 2.05) is 32.0 Å².